The van der Waals surface area contributed by atoms with Gasteiger partial charge in [-0.15, -0.1) is 0 Å². The fourth-order valence-electron chi connectivity index (χ4n) is 1.02. The van der Waals surface area contributed by atoms with Crippen molar-refractivity contribution in [2.75, 3.05) is 0 Å². The Morgan fingerprint density at radius 1 is 1.47 bits per heavy atom. The number of benzene rings is 1. The molecule has 1 atom stereocenters. The molecular weight excluding hydrogens is 188 g/mol. The van der Waals surface area contributed by atoms with Crippen LogP contribution in [0.4, 0.5) is 0 Å². The van der Waals surface area contributed by atoms with E-state index >= 15 is 0 Å². The maximum atomic E-state index is 11.4. The fourth-order valence-corrected chi connectivity index (χ4v) is 1.02. The third kappa shape index (κ3) is 3.39. The molecule has 0 amide bonds. The molecule has 1 unspecified atom stereocenters. The summed E-state index contributed by atoms with van der Waals surface area (Å²) in [5.74, 6) is -7.33. The van der Waals surface area contributed by atoms with Crippen LogP contribution in [0.1, 0.15) is 54.0 Å². The van der Waals surface area contributed by atoms with E-state index in [0.717, 1.165) is 24.3 Å². The summed E-state index contributed by atoms with van der Waals surface area (Å²) in [6, 6.07) is 3.54. The smallest absolute Gasteiger partial charge is 0.310 e. The van der Waals surface area contributed by atoms with Crippen LogP contribution in [0.25, 0.3) is 0 Å². The maximum absolute atomic E-state index is 11.4. The molecule has 0 heterocycles. The molecule has 0 spiro atoms. The van der Waals surface area contributed by atoms with Crippen molar-refractivity contribution in [2.24, 2.45) is 5.92 Å². The normalized spacial score (nSPS) is 30.2. The van der Waals surface area contributed by atoms with E-state index < -0.39 is 50.3 Å². The van der Waals surface area contributed by atoms with E-state index in [1.165, 1.54) is 0 Å². The molecule has 0 aliphatic rings. The van der Waals surface area contributed by atoms with Crippen LogP contribution < -0.4 is 0 Å². The van der Waals surface area contributed by atoms with Crippen molar-refractivity contribution in [2.45, 2.75) is 32.8 Å². The van der Waals surface area contributed by atoms with E-state index in [0.29, 0.717) is 0 Å². The van der Waals surface area contributed by atoms with Gasteiger partial charge in [0.1, 0.15) is 0 Å². The molecule has 0 saturated carbocycles. The zero-order chi connectivity index (χ0) is 21.6. The number of hydrogen-bond donors (Lipinski definition) is 1. The highest BCUT2D eigenvalue weighted by Gasteiger charge is 2.12. The monoisotopic (exact) mass is 218 g/mol. The molecule has 0 aromatic heterocycles. The predicted molar refractivity (Wildman–Crippen MR) is 61.0 cm³/mol. The SMILES string of the molecule is [2H]C([2H])([2H])C(C([2H])([2H])[2H])C([2H])([2H])c1ccc(C([2H])(C(=O)O)C([2H])([2H])[2H])cc1. The predicted octanol–water partition coefficient (Wildman–Crippen LogP) is 3.07. The molecule has 2 heteroatoms. The number of carboxylic acids is 1. The summed E-state index contributed by atoms with van der Waals surface area (Å²) < 4.78 is 90.1. The second-order valence-corrected chi connectivity index (χ2v) is 2.83. The van der Waals surface area contributed by atoms with Gasteiger partial charge in [0.2, 0.25) is 0 Å². The standard InChI is InChI=1S/C13H18O2/c1-9(2)8-11-4-6-12(7-5-11)10(3)13(14)15/h4-7,9-10H,8H2,1-3H3,(H,14,15)/i1D3,2D3,3D3,8D2,10D. The second-order valence-electron chi connectivity index (χ2n) is 2.83. The number of carbonyl (C=O) groups is 1. The van der Waals surface area contributed by atoms with Gasteiger partial charge in [0.15, 0.2) is 0 Å². The van der Waals surface area contributed by atoms with Crippen molar-refractivity contribution in [1.29, 1.82) is 0 Å². The molecule has 0 aliphatic heterocycles. The first-order valence-corrected chi connectivity index (χ1v) is 4.12. The van der Waals surface area contributed by atoms with Crippen molar-refractivity contribution in [1.82, 2.24) is 0 Å². The lowest BCUT2D eigenvalue weighted by molar-refractivity contribution is -0.138. The Morgan fingerprint density at radius 3 is 2.60 bits per heavy atom. The highest BCUT2D eigenvalue weighted by Crippen LogP contribution is 2.17. The summed E-state index contributed by atoms with van der Waals surface area (Å²) in [4.78, 5) is 11.4. The molecule has 0 radical (unpaired) electrons. The number of carboxylic acid groups (broad SMARTS) is 1. The van der Waals surface area contributed by atoms with Crippen molar-refractivity contribution in [3.63, 3.8) is 0 Å². The Balaban J connectivity index is 3.49. The number of rotatable bonds is 4. The van der Waals surface area contributed by atoms with Crippen molar-refractivity contribution in [3.05, 3.63) is 35.4 Å². The molecule has 1 rings (SSSR count). The summed E-state index contributed by atoms with van der Waals surface area (Å²) in [6.45, 7) is -9.56. The molecule has 1 N–H and O–H groups in total. The first-order chi connectivity index (χ1) is 11.8. The van der Waals surface area contributed by atoms with Gasteiger partial charge in [-0.05, 0) is 30.3 Å². The van der Waals surface area contributed by atoms with Gasteiger partial charge in [-0.3, -0.25) is 4.79 Å². The van der Waals surface area contributed by atoms with Gasteiger partial charge in [0, 0.05) is 16.4 Å². The van der Waals surface area contributed by atoms with Gasteiger partial charge in [0.05, 0.1) is 5.89 Å². The van der Waals surface area contributed by atoms with Crippen LogP contribution in [0.5, 0.6) is 0 Å². The van der Waals surface area contributed by atoms with E-state index in [2.05, 4.69) is 0 Å². The fraction of sp³-hybridized carbons (Fsp3) is 0.462. The minimum Gasteiger partial charge on any atom is -0.481 e. The number of aliphatic carboxylic acids is 1. The first kappa shape index (κ1) is 3.34. The van der Waals surface area contributed by atoms with Gasteiger partial charge >= 0.3 is 5.97 Å². The quantitative estimate of drug-likeness (QED) is 0.843. The highest BCUT2D eigenvalue weighted by atomic mass is 16.4. The van der Waals surface area contributed by atoms with Crippen LogP contribution in [0.2, 0.25) is 0 Å². The molecule has 15 heavy (non-hydrogen) atoms. The summed E-state index contributed by atoms with van der Waals surface area (Å²) in [5.41, 5.74) is -0.865. The third-order valence-electron chi connectivity index (χ3n) is 1.70. The van der Waals surface area contributed by atoms with Crippen LogP contribution in [-0.4, -0.2) is 11.1 Å². The Morgan fingerprint density at radius 2 is 2.13 bits per heavy atom. The average Bonchev–Trinajstić information content (AvgIpc) is 2.41. The molecule has 1 aromatic rings. The molecule has 1 aromatic carbocycles. The molecule has 0 aliphatic carbocycles. The minimum absolute atomic E-state index is 0.387. The van der Waals surface area contributed by atoms with E-state index in [4.69, 9.17) is 16.4 Å². The zero-order valence-corrected chi connectivity index (χ0v) is 7.74. The third-order valence-corrected chi connectivity index (χ3v) is 1.70. The number of hydrogen-bond acceptors (Lipinski definition) is 1. The van der Waals surface area contributed by atoms with E-state index in [1.54, 1.807) is 0 Å². The molecule has 0 saturated heterocycles. The molecular formula is C13H18O2. The molecule has 2 nitrogen and oxygen atoms in total. The lowest BCUT2D eigenvalue weighted by Crippen LogP contribution is -2.07. The van der Waals surface area contributed by atoms with Crippen LogP contribution in [0, 0.1) is 5.92 Å². The molecule has 0 bridgehead atoms. The van der Waals surface area contributed by atoms with Crippen molar-refractivity contribution < 1.29 is 26.4 Å². The highest BCUT2D eigenvalue weighted by molar-refractivity contribution is 5.75. The van der Waals surface area contributed by atoms with Crippen LogP contribution in [-0.2, 0) is 11.2 Å². The maximum Gasteiger partial charge on any atom is 0.310 e. The summed E-state index contributed by atoms with van der Waals surface area (Å²) in [5, 5.41) is 9.18. The van der Waals surface area contributed by atoms with Crippen molar-refractivity contribution in [3.8, 4) is 0 Å². The zero-order valence-electron chi connectivity index (χ0n) is 19.7. The Labute approximate surface area is 108 Å². The van der Waals surface area contributed by atoms with E-state index in [1.807, 2.05) is 0 Å². The Hall–Kier alpha value is -1.31. The van der Waals surface area contributed by atoms with Gasteiger partial charge in [-0.25, -0.2) is 0 Å². The Bertz CT molecular complexity index is 671. The van der Waals surface area contributed by atoms with Gasteiger partial charge < -0.3 is 5.11 Å². The lowest BCUT2D eigenvalue weighted by Gasteiger charge is -2.09. The van der Waals surface area contributed by atoms with Crippen LogP contribution in [0.15, 0.2) is 24.3 Å². The van der Waals surface area contributed by atoms with Gasteiger partial charge in [-0.1, -0.05) is 38.0 Å². The average molecular weight is 218 g/mol. The molecule has 82 valence electrons. The second kappa shape index (κ2) is 4.96. The van der Waals surface area contributed by atoms with Gasteiger partial charge in [0.25, 0.3) is 0 Å². The first-order valence-electron chi connectivity index (χ1n) is 10.1. The lowest BCUT2D eigenvalue weighted by atomic mass is 9.97. The summed E-state index contributed by atoms with van der Waals surface area (Å²) in [6.07, 6.45) is -2.86. The largest absolute Gasteiger partial charge is 0.481 e. The van der Waals surface area contributed by atoms with Gasteiger partial charge in [-0.2, -0.15) is 0 Å². The summed E-state index contributed by atoms with van der Waals surface area (Å²) >= 11 is 0. The van der Waals surface area contributed by atoms with Crippen LogP contribution >= 0.6 is 0 Å². The van der Waals surface area contributed by atoms with Crippen LogP contribution in [0.3, 0.4) is 0 Å². The van der Waals surface area contributed by atoms with E-state index in [9.17, 15) is 9.90 Å². The van der Waals surface area contributed by atoms with E-state index in [-0.39, 0.29) is 5.56 Å². The van der Waals surface area contributed by atoms with Crippen molar-refractivity contribution >= 4 is 5.97 Å². The topological polar surface area (TPSA) is 37.3 Å². The summed E-state index contributed by atoms with van der Waals surface area (Å²) in [7, 11) is 0. The molecule has 0 fully saturated rings. The minimum atomic E-state index is -3.24. The Kier molecular flexibility index (Phi) is 1.11.